The highest BCUT2D eigenvalue weighted by Crippen LogP contribution is 2.16. The van der Waals surface area contributed by atoms with Gasteiger partial charge in [0.15, 0.2) is 15.6 Å². The van der Waals surface area contributed by atoms with Crippen LogP contribution in [0.3, 0.4) is 0 Å². The van der Waals surface area contributed by atoms with Gasteiger partial charge in [-0.2, -0.15) is 0 Å². The predicted octanol–water partition coefficient (Wildman–Crippen LogP) is 0.917. The molecule has 0 bridgehead atoms. The van der Waals surface area contributed by atoms with Crippen molar-refractivity contribution in [2.45, 2.75) is 18.9 Å². The van der Waals surface area contributed by atoms with Gasteiger partial charge in [0.1, 0.15) is 0 Å². The molecular weight excluding hydrogens is 262 g/mol. The third-order valence-electron chi connectivity index (χ3n) is 3.50. The van der Waals surface area contributed by atoms with Crippen LogP contribution >= 0.6 is 0 Å². The minimum Gasteiger partial charge on any atom is -0.298 e. The molecule has 1 atom stereocenters. The lowest BCUT2D eigenvalue weighted by atomic mass is 10.1. The van der Waals surface area contributed by atoms with Crippen molar-refractivity contribution in [2.24, 2.45) is 0 Å². The summed E-state index contributed by atoms with van der Waals surface area (Å²) < 4.78 is 22.8. The van der Waals surface area contributed by atoms with Crippen LogP contribution in [0.5, 0.6) is 0 Å². The van der Waals surface area contributed by atoms with Gasteiger partial charge in [-0.05, 0) is 19.0 Å². The summed E-state index contributed by atoms with van der Waals surface area (Å²) in [7, 11) is -1.06. The number of rotatable bonds is 5. The number of hydrogen-bond donors (Lipinski definition) is 0. The molecule has 1 aromatic carbocycles. The van der Waals surface area contributed by atoms with Crippen molar-refractivity contribution in [3.63, 3.8) is 0 Å². The van der Waals surface area contributed by atoms with Gasteiger partial charge in [0.25, 0.3) is 0 Å². The van der Waals surface area contributed by atoms with Gasteiger partial charge >= 0.3 is 0 Å². The quantitative estimate of drug-likeness (QED) is 0.805. The highest BCUT2D eigenvalue weighted by molar-refractivity contribution is 7.91. The van der Waals surface area contributed by atoms with Gasteiger partial charge < -0.3 is 0 Å². The number of benzene rings is 1. The highest BCUT2D eigenvalue weighted by Gasteiger charge is 2.31. The van der Waals surface area contributed by atoms with E-state index < -0.39 is 9.84 Å². The van der Waals surface area contributed by atoms with Gasteiger partial charge in [-0.15, -0.1) is 0 Å². The molecule has 1 aliphatic heterocycles. The van der Waals surface area contributed by atoms with E-state index in [0.717, 1.165) is 5.56 Å². The minimum absolute atomic E-state index is 0.00952. The molecule has 1 aliphatic rings. The van der Waals surface area contributed by atoms with Crippen molar-refractivity contribution in [1.82, 2.24) is 4.90 Å². The van der Waals surface area contributed by atoms with Crippen LogP contribution in [0.4, 0.5) is 0 Å². The number of Topliss-reactive ketones (excluding diaryl/α,β-unsaturated/α-hetero) is 1. The summed E-state index contributed by atoms with van der Waals surface area (Å²) >= 11 is 0. The van der Waals surface area contributed by atoms with Gasteiger partial charge in [-0.1, -0.05) is 30.3 Å². The zero-order chi connectivity index (χ0) is 13.9. The zero-order valence-corrected chi connectivity index (χ0v) is 11.9. The average Bonchev–Trinajstić information content (AvgIpc) is 2.71. The van der Waals surface area contributed by atoms with Gasteiger partial charge in [-0.25, -0.2) is 8.42 Å². The summed E-state index contributed by atoms with van der Waals surface area (Å²) in [5.41, 5.74) is 1.000. The molecule has 1 saturated heterocycles. The summed E-state index contributed by atoms with van der Waals surface area (Å²) in [5, 5.41) is 0. The first-order valence-electron chi connectivity index (χ1n) is 6.42. The van der Waals surface area contributed by atoms with E-state index in [4.69, 9.17) is 0 Å². The molecule has 0 saturated carbocycles. The monoisotopic (exact) mass is 281 g/mol. The molecule has 0 aromatic heterocycles. The summed E-state index contributed by atoms with van der Waals surface area (Å²) in [6.07, 6.45) is 1.04. The van der Waals surface area contributed by atoms with E-state index in [0.29, 0.717) is 19.4 Å². The number of carbonyl (C=O) groups is 1. The highest BCUT2D eigenvalue weighted by atomic mass is 32.2. The minimum atomic E-state index is -2.89. The largest absolute Gasteiger partial charge is 0.298 e. The molecule has 19 heavy (non-hydrogen) atoms. The summed E-state index contributed by atoms with van der Waals surface area (Å²) in [5.74, 6) is 0.551. The molecule has 1 heterocycles. The van der Waals surface area contributed by atoms with Gasteiger partial charge in [0.2, 0.25) is 0 Å². The first-order valence-corrected chi connectivity index (χ1v) is 8.25. The van der Waals surface area contributed by atoms with Crippen molar-refractivity contribution < 1.29 is 13.2 Å². The normalized spacial score (nSPS) is 21.7. The topological polar surface area (TPSA) is 54.5 Å². The Kier molecular flexibility index (Phi) is 4.37. The Bertz CT molecular complexity index is 539. The van der Waals surface area contributed by atoms with Crippen LogP contribution < -0.4 is 0 Å². The predicted molar refractivity (Wildman–Crippen MR) is 74.8 cm³/mol. The standard InChI is InChI=1S/C14H19NO3S/c1-15(13-7-8-19(17,18)11-13)10-14(16)9-12-5-3-2-4-6-12/h2-6,13H,7-11H2,1H3. The second-order valence-corrected chi connectivity index (χ2v) is 7.40. The zero-order valence-electron chi connectivity index (χ0n) is 11.1. The van der Waals surface area contributed by atoms with Crippen molar-refractivity contribution in [1.29, 1.82) is 0 Å². The fourth-order valence-corrected chi connectivity index (χ4v) is 4.21. The van der Waals surface area contributed by atoms with Crippen LogP contribution in [0.1, 0.15) is 12.0 Å². The molecule has 104 valence electrons. The van der Waals surface area contributed by atoms with Crippen molar-refractivity contribution in [3.8, 4) is 0 Å². The van der Waals surface area contributed by atoms with Crippen LogP contribution in [0, 0.1) is 0 Å². The maximum absolute atomic E-state index is 11.9. The number of sulfone groups is 1. The maximum atomic E-state index is 11.9. The number of likely N-dealkylation sites (N-methyl/N-ethyl adjacent to an activating group) is 1. The molecule has 5 heteroatoms. The van der Waals surface area contributed by atoms with Crippen LogP contribution in [-0.4, -0.2) is 50.2 Å². The number of hydrogen-bond acceptors (Lipinski definition) is 4. The lowest BCUT2D eigenvalue weighted by molar-refractivity contribution is -0.119. The molecule has 0 amide bonds. The van der Waals surface area contributed by atoms with Gasteiger partial charge in [-0.3, -0.25) is 9.69 Å². The Labute approximate surface area is 114 Å². The van der Waals surface area contributed by atoms with Crippen LogP contribution in [0.15, 0.2) is 30.3 Å². The van der Waals surface area contributed by atoms with E-state index >= 15 is 0 Å². The van der Waals surface area contributed by atoms with Gasteiger partial charge in [0.05, 0.1) is 18.1 Å². The van der Waals surface area contributed by atoms with Gasteiger partial charge in [0, 0.05) is 12.5 Å². The molecule has 0 radical (unpaired) electrons. The smallest absolute Gasteiger partial charge is 0.151 e. The summed E-state index contributed by atoms with van der Waals surface area (Å²) in [6.45, 7) is 0.315. The lowest BCUT2D eigenvalue weighted by Gasteiger charge is -2.22. The molecule has 1 fully saturated rings. The van der Waals surface area contributed by atoms with E-state index in [1.807, 2.05) is 42.3 Å². The average molecular weight is 281 g/mol. The van der Waals surface area contributed by atoms with E-state index in [2.05, 4.69) is 0 Å². The third-order valence-corrected chi connectivity index (χ3v) is 5.25. The molecule has 1 aromatic rings. The SMILES string of the molecule is CN(CC(=O)Cc1ccccc1)C1CCS(=O)(=O)C1. The molecule has 0 aliphatic carbocycles. The summed E-state index contributed by atoms with van der Waals surface area (Å²) in [4.78, 5) is 13.8. The molecular formula is C14H19NO3S. The van der Waals surface area contributed by atoms with Crippen molar-refractivity contribution >= 4 is 15.6 Å². The number of nitrogens with zero attached hydrogens (tertiary/aromatic N) is 1. The maximum Gasteiger partial charge on any atom is 0.151 e. The fraction of sp³-hybridized carbons (Fsp3) is 0.500. The molecule has 1 unspecified atom stereocenters. The van der Waals surface area contributed by atoms with E-state index in [1.54, 1.807) is 0 Å². The van der Waals surface area contributed by atoms with Crippen LogP contribution in [-0.2, 0) is 21.1 Å². The van der Waals surface area contributed by atoms with Crippen molar-refractivity contribution in [3.05, 3.63) is 35.9 Å². The molecule has 2 rings (SSSR count). The van der Waals surface area contributed by atoms with Crippen LogP contribution in [0.2, 0.25) is 0 Å². The first-order chi connectivity index (χ1) is 8.96. The Morgan fingerprint density at radius 2 is 2.00 bits per heavy atom. The Morgan fingerprint density at radius 1 is 1.32 bits per heavy atom. The Balaban J connectivity index is 1.86. The molecule has 0 N–H and O–H groups in total. The van der Waals surface area contributed by atoms with Crippen LogP contribution in [0.25, 0.3) is 0 Å². The fourth-order valence-electron chi connectivity index (χ4n) is 2.41. The van der Waals surface area contributed by atoms with E-state index in [-0.39, 0.29) is 23.3 Å². The Morgan fingerprint density at radius 3 is 2.58 bits per heavy atom. The summed E-state index contributed by atoms with van der Waals surface area (Å²) in [6, 6.07) is 9.59. The molecule has 4 nitrogen and oxygen atoms in total. The Hall–Kier alpha value is -1.20. The number of carbonyl (C=O) groups excluding carboxylic acids is 1. The number of ketones is 1. The third kappa shape index (κ3) is 4.14. The second-order valence-electron chi connectivity index (χ2n) is 5.17. The van der Waals surface area contributed by atoms with E-state index in [1.165, 1.54) is 0 Å². The van der Waals surface area contributed by atoms with Crippen molar-refractivity contribution in [2.75, 3.05) is 25.1 Å². The first kappa shape index (κ1) is 14.2. The second kappa shape index (κ2) is 5.84. The van der Waals surface area contributed by atoms with E-state index in [9.17, 15) is 13.2 Å². The molecule has 0 spiro atoms. The lowest BCUT2D eigenvalue weighted by Crippen LogP contribution is -2.37.